The number of aryl methyl sites for hydroxylation is 1. The predicted octanol–water partition coefficient (Wildman–Crippen LogP) is 2.22. The van der Waals surface area contributed by atoms with Crippen molar-refractivity contribution in [2.75, 3.05) is 6.54 Å². The van der Waals surface area contributed by atoms with E-state index in [4.69, 9.17) is 5.26 Å². The number of nitriles is 1. The first-order chi connectivity index (χ1) is 11.3. The first-order valence-electron chi connectivity index (χ1n) is 7.24. The molecule has 24 heavy (non-hydrogen) atoms. The van der Waals surface area contributed by atoms with Gasteiger partial charge in [0.2, 0.25) is 5.60 Å². The second kappa shape index (κ2) is 7.03. The van der Waals surface area contributed by atoms with Crippen LogP contribution in [0.3, 0.4) is 0 Å². The van der Waals surface area contributed by atoms with Crippen LogP contribution in [-0.4, -0.2) is 27.4 Å². The molecular weight excluding hydrogens is 321 g/mol. The quantitative estimate of drug-likeness (QED) is 0.792. The van der Waals surface area contributed by atoms with Gasteiger partial charge in [-0.05, 0) is 24.2 Å². The lowest BCUT2D eigenvalue weighted by atomic mass is 9.97. The van der Waals surface area contributed by atoms with E-state index < -0.39 is 24.0 Å². The van der Waals surface area contributed by atoms with Gasteiger partial charge in [-0.2, -0.15) is 18.4 Å². The first kappa shape index (κ1) is 18.0. The maximum atomic E-state index is 13.3. The molecule has 5 nitrogen and oxygen atoms in total. The highest BCUT2D eigenvalue weighted by atomic mass is 19.4. The number of nitrogens with zero attached hydrogens (tertiary/aromatic N) is 3. The lowest BCUT2D eigenvalue weighted by molar-refractivity contribution is -0.272. The molecule has 0 aliphatic heterocycles. The molecule has 1 atom stereocenters. The number of hydrogen-bond donors (Lipinski definition) is 2. The number of benzene rings is 1. The molecule has 8 heteroatoms. The van der Waals surface area contributed by atoms with E-state index in [1.54, 1.807) is 24.3 Å². The molecule has 128 valence electrons. The molecule has 0 amide bonds. The molecule has 1 unspecified atom stereocenters. The van der Waals surface area contributed by atoms with Crippen molar-refractivity contribution in [3.8, 4) is 6.07 Å². The van der Waals surface area contributed by atoms with Crippen molar-refractivity contribution < 1.29 is 18.3 Å². The van der Waals surface area contributed by atoms with Gasteiger partial charge in [0.1, 0.15) is 5.82 Å². The lowest BCUT2D eigenvalue weighted by Gasteiger charge is -2.30. The SMILES string of the molecule is Cn1ccnc1C(O)(CCNCc1cccc(C#N)c1)C(F)(F)F. The van der Waals surface area contributed by atoms with E-state index in [0.29, 0.717) is 12.1 Å². The predicted molar refractivity (Wildman–Crippen MR) is 80.6 cm³/mol. The van der Waals surface area contributed by atoms with Crippen LogP contribution in [-0.2, 0) is 19.2 Å². The molecule has 1 aromatic carbocycles. The van der Waals surface area contributed by atoms with Gasteiger partial charge in [-0.3, -0.25) is 0 Å². The summed E-state index contributed by atoms with van der Waals surface area (Å²) in [7, 11) is 1.40. The van der Waals surface area contributed by atoms with Crippen LogP contribution in [0.5, 0.6) is 0 Å². The fourth-order valence-electron chi connectivity index (χ4n) is 2.40. The van der Waals surface area contributed by atoms with Gasteiger partial charge in [0.15, 0.2) is 0 Å². The van der Waals surface area contributed by atoms with Crippen molar-refractivity contribution in [1.82, 2.24) is 14.9 Å². The van der Waals surface area contributed by atoms with Crippen molar-refractivity contribution in [2.45, 2.75) is 24.7 Å². The minimum Gasteiger partial charge on any atom is -0.374 e. The summed E-state index contributed by atoms with van der Waals surface area (Å²) in [4.78, 5) is 3.64. The molecule has 0 radical (unpaired) electrons. The van der Waals surface area contributed by atoms with E-state index in [-0.39, 0.29) is 6.54 Å². The van der Waals surface area contributed by atoms with Gasteiger partial charge < -0.3 is 15.0 Å². The van der Waals surface area contributed by atoms with Crippen LogP contribution in [0.25, 0.3) is 0 Å². The monoisotopic (exact) mass is 338 g/mol. The molecule has 0 aliphatic carbocycles. The summed E-state index contributed by atoms with van der Waals surface area (Å²) in [6.45, 7) is 0.226. The molecule has 2 aromatic rings. The van der Waals surface area contributed by atoms with Gasteiger partial charge >= 0.3 is 6.18 Å². The third-order valence-corrected chi connectivity index (χ3v) is 3.71. The zero-order valence-electron chi connectivity index (χ0n) is 13.0. The number of aromatic nitrogens is 2. The highest BCUT2D eigenvalue weighted by Crippen LogP contribution is 2.40. The topological polar surface area (TPSA) is 73.9 Å². The normalized spacial score (nSPS) is 14.2. The highest BCUT2D eigenvalue weighted by Gasteiger charge is 2.56. The van der Waals surface area contributed by atoms with Gasteiger partial charge in [-0.1, -0.05) is 12.1 Å². The van der Waals surface area contributed by atoms with E-state index in [2.05, 4.69) is 10.3 Å². The Morgan fingerprint density at radius 2 is 2.12 bits per heavy atom. The van der Waals surface area contributed by atoms with Gasteiger partial charge in [0, 0.05) is 32.4 Å². The standard InChI is InChI=1S/C16H17F3N4O/c1-23-8-7-22-14(23)15(24,16(17,18)19)5-6-21-11-13-4-2-3-12(9-13)10-20/h2-4,7-9,21,24H,5-6,11H2,1H3. The Hall–Kier alpha value is -2.37. The molecular formula is C16H17F3N4O. The lowest BCUT2D eigenvalue weighted by Crippen LogP contribution is -2.46. The maximum absolute atomic E-state index is 13.3. The number of alkyl halides is 3. The average Bonchev–Trinajstić information content (AvgIpc) is 2.97. The third-order valence-electron chi connectivity index (χ3n) is 3.71. The van der Waals surface area contributed by atoms with Gasteiger partial charge in [-0.25, -0.2) is 4.98 Å². The number of imidazole rings is 1. The van der Waals surface area contributed by atoms with Crippen LogP contribution >= 0.6 is 0 Å². The van der Waals surface area contributed by atoms with E-state index in [0.717, 1.165) is 10.1 Å². The van der Waals surface area contributed by atoms with E-state index in [1.807, 2.05) is 6.07 Å². The molecule has 0 saturated carbocycles. The Balaban J connectivity index is 2.02. The Bertz CT molecular complexity index is 735. The Labute approximate surface area is 137 Å². The van der Waals surface area contributed by atoms with Crippen LogP contribution in [0.15, 0.2) is 36.7 Å². The minimum absolute atomic E-state index is 0.0698. The summed E-state index contributed by atoms with van der Waals surface area (Å²) < 4.78 is 41.1. The molecule has 1 heterocycles. The van der Waals surface area contributed by atoms with Crippen LogP contribution in [0.1, 0.15) is 23.4 Å². The molecule has 2 N–H and O–H groups in total. The van der Waals surface area contributed by atoms with Gasteiger partial charge in [-0.15, -0.1) is 0 Å². The summed E-state index contributed by atoms with van der Waals surface area (Å²) in [5.74, 6) is -0.441. The maximum Gasteiger partial charge on any atom is 0.424 e. The number of hydrogen-bond acceptors (Lipinski definition) is 4. The molecule has 0 fully saturated rings. The van der Waals surface area contributed by atoms with Crippen molar-refractivity contribution in [3.63, 3.8) is 0 Å². The molecule has 2 rings (SSSR count). The third kappa shape index (κ3) is 3.75. The number of halogens is 3. The molecule has 0 saturated heterocycles. The highest BCUT2D eigenvalue weighted by molar-refractivity contribution is 5.32. The minimum atomic E-state index is -4.84. The summed E-state index contributed by atoms with van der Waals surface area (Å²) in [6, 6.07) is 8.77. The Kier molecular flexibility index (Phi) is 5.26. The summed E-state index contributed by atoms with van der Waals surface area (Å²) in [6.07, 6.45) is -2.84. The molecule has 0 spiro atoms. The fraction of sp³-hybridized carbons (Fsp3) is 0.375. The van der Waals surface area contributed by atoms with Crippen LogP contribution in [0.2, 0.25) is 0 Å². The largest absolute Gasteiger partial charge is 0.424 e. The molecule has 0 aliphatic rings. The smallest absolute Gasteiger partial charge is 0.374 e. The van der Waals surface area contributed by atoms with Crippen molar-refractivity contribution >= 4 is 0 Å². The second-order valence-corrected chi connectivity index (χ2v) is 5.46. The fourth-order valence-corrected chi connectivity index (χ4v) is 2.40. The van der Waals surface area contributed by atoms with Crippen molar-refractivity contribution in [3.05, 3.63) is 53.6 Å². The first-order valence-corrected chi connectivity index (χ1v) is 7.24. The van der Waals surface area contributed by atoms with Crippen LogP contribution in [0, 0.1) is 11.3 Å². The van der Waals surface area contributed by atoms with Crippen molar-refractivity contribution in [2.24, 2.45) is 7.05 Å². The zero-order valence-corrected chi connectivity index (χ0v) is 13.0. The van der Waals surface area contributed by atoms with Crippen molar-refractivity contribution in [1.29, 1.82) is 5.26 Å². The molecule has 0 bridgehead atoms. The second-order valence-electron chi connectivity index (χ2n) is 5.46. The Morgan fingerprint density at radius 1 is 1.38 bits per heavy atom. The van der Waals surface area contributed by atoms with Gasteiger partial charge in [0.25, 0.3) is 0 Å². The Morgan fingerprint density at radius 3 is 2.71 bits per heavy atom. The van der Waals surface area contributed by atoms with Gasteiger partial charge in [0.05, 0.1) is 11.6 Å². The van der Waals surface area contributed by atoms with Crippen LogP contribution < -0.4 is 5.32 Å². The zero-order chi connectivity index (χ0) is 17.8. The summed E-state index contributed by atoms with van der Waals surface area (Å²) in [5.41, 5.74) is -1.76. The number of rotatable bonds is 6. The number of aliphatic hydroxyl groups is 1. The summed E-state index contributed by atoms with van der Waals surface area (Å²) in [5, 5.41) is 21.9. The summed E-state index contributed by atoms with van der Waals surface area (Å²) >= 11 is 0. The van der Waals surface area contributed by atoms with E-state index >= 15 is 0 Å². The average molecular weight is 338 g/mol. The van der Waals surface area contributed by atoms with E-state index in [9.17, 15) is 18.3 Å². The van der Waals surface area contributed by atoms with Crippen LogP contribution in [0.4, 0.5) is 13.2 Å². The number of nitrogens with one attached hydrogen (secondary N) is 1. The molecule has 1 aromatic heterocycles. The van der Waals surface area contributed by atoms with E-state index in [1.165, 1.54) is 19.4 Å².